The molecule has 1 heterocycles. The van der Waals surface area contributed by atoms with E-state index in [1.165, 1.54) is 51.9 Å². The summed E-state index contributed by atoms with van der Waals surface area (Å²) in [6, 6.07) is 1.79. The van der Waals surface area contributed by atoms with E-state index < -0.39 is 5.60 Å². The Bertz CT molecular complexity index is 409. The Morgan fingerprint density at radius 3 is 2.13 bits per heavy atom. The minimum absolute atomic E-state index is 0.262. The molecule has 132 valence electrons. The second kappa shape index (κ2) is 6.98. The van der Waals surface area contributed by atoms with E-state index in [-0.39, 0.29) is 12.1 Å². The van der Waals surface area contributed by atoms with Crippen LogP contribution in [-0.2, 0) is 4.74 Å². The summed E-state index contributed by atoms with van der Waals surface area (Å²) in [5.74, 6) is 0. The highest BCUT2D eigenvalue weighted by Gasteiger charge is 2.34. The maximum absolute atomic E-state index is 12.0. The molecule has 0 aromatic rings. The van der Waals surface area contributed by atoms with Crippen LogP contribution in [0.15, 0.2) is 0 Å². The zero-order valence-electron chi connectivity index (χ0n) is 15.0. The van der Waals surface area contributed by atoms with Gasteiger partial charge in [-0.1, -0.05) is 0 Å². The number of ether oxygens (including phenoxy) is 1. The number of hydrogen-bond acceptors (Lipinski definition) is 4. The Morgan fingerprint density at radius 1 is 0.957 bits per heavy atom. The lowest BCUT2D eigenvalue weighted by Gasteiger charge is -2.42. The van der Waals surface area contributed by atoms with Crippen LogP contribution >= 0.6 is 0 Å². The number of alkyl carbamates (subject to hydrolysis) is 1. The van der Waals surface area contributed by atoms with Crippen LogP contribution < -0.4 is 5.32 Å². The number of hydrogen-bond donors (Lipinski definition) is 1. The quantitative estimate of drug-likeness (QED) is 0.867. The number of piperazine rings is 1. The maximum atomic E-state index is 12.0. The van der Waals surface area contributed by atoms with Crippen molar-refractivity contribution in [3.05, 3.63) is 0 Å². The Labute approximate surface area is 140 Å². The summed E-state index contributed by atoms with van der Waals surface area (Å²) in [6.45, 7) is 10.6. The first kappa shape index (κ1) is 17.0. The van der Waals surface area contributed by atoms with Crippen molar-refractivity contribution in [1.29, 1.82) is 0 Å². The van der Waals surface area contributed by atoms with Gasteiger partial charge in [-0.05, 0) is 59.3 Å². The van der Waals surface area contributed by atoms with E-state index in [1.807, 2.05) is 20.8 Å². The topological polar surface area (TPSA) is 44.8 Å². The van der Waals surface area contributed by atoms with E-state index in [4.69, 9.17) is 4.74 Å². The van der Waals surface area contributed by atoms with Gasteiger partial charge in [0.05, 0.1) is 0 Å². The molecule has 2 atom stereocenters. The number of rotatable bonds is 3. The Morgan fingerprint density at radius 2 is 1.57 bits per heavy atom. The Balaban J connectivity index is 1.43. The van der Waals surface area contributed by atoms with E-state index >= 15 is 0 Å². The van der Waals surface area contributed by atoms with E-state index in [0.717, 1.165) is 18.9 Å². The standard InChI is InChI=1S/C18H33N3O2/c1-18(2,3)23-17(22)19-14-5-4-6-16(13-14)21-11-9-20(10-12-21)15-7-8-15/h14-16H,4-13H2,1-3H3,(H,19,22)/t14-,16-/m0/s1. The lowest BCUT2D eigenvalue weighted by Crippen LogP contribution is -2.53. The molecule has 0 bridgehead atoms. The predicted octanol–water partition coefficient (Wildman–Crippen LogP) is 2.60. The summed E-state index contributed by atoms with van der Waals surface area (Å²) in [7, 11) is 0. The molecular weight excluding hydrogens is 290 g/mol. The third-order valence-electron chi connectivity index (χ3n) is 5.30. The van der Waals surface area contributed by atoms with Crippen molar-refractivity contribution in [2.45, 2.75) is 83.0 Å². The van der Waals surface area contributed by atoms with Crippen LogP contribution in [0.5, 0.6) is 0 Å². The molecule has 3 aliphatic rings. The number of amides is 1. The van der Waals surface area contributed by atoms with Crippen LogP contribution in [-0.4, -0.2) is 65.8 Å². The van der Waals surface area contributed by atoms with Crippen molar-refractivity contribution in [2.24, 2.45) is 0 Å². The van der Waals surface area contributed by atoms with Gasteiger partial charge in [-0.25, -0.2) is 4.79 Å². The lowest BCUT2D eigenvalue weighted by atomic mass is 9.89. The Kier molecular flexibility index (Phi) is 5.16. The molecule has 1 saturated heterocycles. The van der Waals surface area contributed by atoms with Crippen LogP contribution in [0.2, 0.25) is 0 Å². The van der Waals surface area contributed by atoms with Gasteiger partial charge in [0.2, 0.25) is 0 Å². The van der Waals surface area contributed by atoms with Gasteiger partial charge >= 0.3 is 6.09 Å². The van der Waals surface area contributed by atoms with Crippen LogP contribution in [0.3, 0.4) is 0 Å². The van der Waals surface area contributed by atoms with E-state index in [2.05, 4.69) is 15.1 Å². The van der Waals surface area contributed by atoms with Gasteiger partial charge in [-0.3, -0.25) is 9.80 Å². The average Bonchev–Trinajstić information content (AvgIpc) is 3.30. The van der Waals surface area contributed by atoms with Crippen molar-refractivity contribution in [1.82, 2.24) is 15.1 Å². The highest BCUT2D eigenvalue weighted by Crippen LogP contribution is 2.29. The van der Waals surface area contributed by atoms with E-state index in [0.29, 0.717) is 6.04 Å². The molecule has 0 aromatic carbocycles. The normalized spacial score (nSPS) is 30.9. The number of nitrogens with zero attached hydrogens (tertiary/aromatic N) is 2. The monoisotopic (exact) mass is 323 g/mol. The van der Waals surface area contributed by atoms with Gasteiger partial charge in [-0.2, -0.15) is 0 Å². The van der Waals surface area contributed by atoms with Crippen molar-refractivity contribution in [2.75, 3.05) is 26.2 Å². The van der Waals surface area contributed by atoms with Crippen molar-refractivity contribution >= 4 is 6.09 Å². The third-order valence-corrected chi connectivity index (χ3v) is 5.30. The molecule has 3 fully saturated rings. The molecular formula is C18H33N3O2. The van der Waals surface area contributed by atoms with E-state index in [1.54, 1.807) is 0 Å². The van der Waals surface area contributed by atoms with Gasteiger partial charge in [0.25, 0.3) is 0 Å². The number of carbonyl (C=O) groups excluding carboxylic acids is 1. The minimum Gasteiger partial charge on any atom is -0.444 e. The molecule has 2 saturated carbocycles. The fourth-order valence-electron chi connectivity index (χ4n) is 4.01. The van der Waals surface area contributed by atoms with Gasteiger partial charge in [-0.15, -0.1) is 0 Å². The largest absolute Gasteiger partial charge is 0.444 e. The molecule has 0 aromatic heterocycles. The SMILES string of the molecule is CC(C)(C)OC(=O)N[C@H]1CCC[C@H](N2CCN(C3CC3)CC2)C1. The average molecular weight is 323 g/mol. The first-order valence-corrected chi connectivity index (χ1v) is 9.38. The van der Waals surface area contributed by atoms with Crippen LogP contribution in [0.1, 0.15) is 59.3 Å². The van der Waals surface area contributed by atoms with Crippen LogP contribution in [0, 0.1) is 0 Å². The molecule has 0 radical (unpaired) electrons. The van der Waals surface area contributed by atoms with Gasteiger partial charge in [0.15, 0.2) is 0 Å². The summed E-state index contributed by atoms with van der Waals surface area (Å²) < 4.78 is 5.40. The fourth-order valence-corrected chi connectivity index (χ4v) is 4.01. The molecule has 23 heavy (non-hydrogen) atoms. The number of carbonyl (C=O) groups is 1. The summed E-state index contributed by atoms with van der Waals surface area (Å²) in [4.78, 5) is 17.3. The molecule has 1 amide bonds. The number of nitrogens with one attached hydrogen (secondary N) is 1. The molecule has 3 rings (SSSR count). The van der Waals surface area contributed by atoms with E-state index in [9.17, 15) is 4.79 Å². The molecule has 5 heteroatoms. The van der Waals surface area contributed by atoms with Crippen molar-refractivity contribution in [3.8, 4) is 0 Å². The zero-order valence-corrected chi connectivity index (χ0v) is 15.0. The maximum Gasteiger partial charge on any atom is 0.407 e. The molecule has 1 N–H and O–H groups in total. The van der Waals surface area contributed by atoms with Gasteiger partial charge < -0.3 is 10.1 Å². The third kappa shape index (κ3) is 5.08. The molecule has 0 spiro atoms. The Hall–Kier alpha value is -0.810. The van der Waals surface area contributed by atoms with Gasteiger partial charge in [0.1, 0.15) is 5.60 Å². The van der Waals surface area contributed by atoms with Crippen molar-refractivity contribution < 1.29 is 9.53 Å². The second-order valence-electron chi connectivity index (χ2n) is 8.47. The first-order chi connectivity index (χ1) is 10.9. The van der Waals surface area contributed by atoms with Crippen LogP contribution in [0.25, 0.3) is 0 Å². The van der Waals surface area contributed by atoms with Crippen LogP contribution in [0.4, 0.5) is 4.79 Å². The first-order valence-electron chi connectivity index (χ1n) is 9.38. The fraction of sp³-hybridized carbons (Fsp3) is 0.944. The minimum atomic E-state index is -0.419. The molecule has 0 unspecified atom stereocenters. The molecule has 5 nitrogen and oxygen atoms in total. The highest BCUT2D eigenvalue weighted by atomic mass is 16.6. The zero-order chi connectivity index (χ0) is 16.4. The smallest absolute Gasteiger partial charge is 0.407 e. The van der Waals surface area contributed by atoms with Gasteiger partial charge in [0, 0.05) is 44.3 Å². The lowest BCUT2D eigenvalue weighted by molar-refractivity contribution is 0.0427. The molecule has 2 aliphatic carbocycles. The summed E-state index contributed by atoms with van der Waals surface area (Å²) in [5.41, 5.74) is -0.419. The highest BCUT2D eigenvalue weighted by molar-refractivity contribution is 5.68. The van der Waals surface area contributed by atoms with Crippen molar-refractivity contribution in [3.63, 3.8) is 0 Å². The molecule has 1 aliphatic heterocycles. The predicted molar refractivity (Wildman–Crippen MR) is 91.6 cm³/mol. The second-order valence-corrected chi connectivity index (χ2v) is 8.47. The summed E-state index contributed by atoms with van der Waals surface area (Å²) >= 11 is 0. The summed E-state index contributed by atoms with van der Waals surface area (Å²) in [5, 5.41) is 3.08. The summed E-state index contributed by atoms with van der Waals surface area (Å²) in [6.07, 6.45) is 7.18.